The fourth-order valence-electron chi connectivity index (χ4n) is 1.81. The molecule has 23 heavy (non-hydrogen) atoms. The number of carbonyl (C=O) groups excluding carboxylic acids is 1. The van der Waals surface area contributed by atoms with Crippen LogP contribution in [-0.2, 0) is 0 Å². The summed E-state index contributed by atoms with van der Waals surface area (Å²) in [6.45, 7) is 2.54. The number of amides is 1. The Labute approximate surface area is 134 Å². The van der Waals surface area contributed by atoms with E-state index in [1.807, 2.05) is 6.92 Å². The Morgan fingerprint density at radius 1 is 1.39 bits per heavy atom. The first-order valence-electron chi connectivity index (χ1n) is 7.04. The third-order valence-corrected chi connectivity index (χ3v) is 2.80. The number of aromatic amines is 1. The van der Waals surface area contributed by atoms with E-state index in [2.05, 4.69) is 21.4 Å². The number of benzene rings is 1. The van der Waals surface area contributed by atoms with Crippen molar-refractivity contribution in [2.45, 2.75) is 6.92 Å². The minimum absolute atomic E-state index is 0.166. The van der Waals surface area contributed by atoms with Crippen LogP contribution in [0.2, 0.25) is 0 Å². The van der Waals surface area contributed by atoms with Gasteiger partial charge in [-0.1, -0.05) is 5.92 Å². The van der Waals surface area contributed by atoms with Crippen LogP contribution in [0.4, 0.5) is 0 Å². The Balaban J connectivity index is 2.04. The molecule has 118 valence electrons. The Hall–Kier alpha value is -3.20. The summed E-state index contributed by atoms with van der Waals surface area (Å²) < 4.78 is 10.9. The largest absolute Gasteiger partial charge is 0.490 e. The van der Waals surface area contributed by atoms with Crippen molar-refractivity contribution in [3.05, 3.63) is 47.8 Å². The number of carbonyl (C=O) groups is 1. The van der Waals surface area contributed by atoms with Gasteiger partial charge in [-0.25, -0.2) is 5.43 Å². The SMILES string of the molecule is C#CCOc1ccc(/C=N\NC(=O)c2ccc[nH]2)cc1OCC. The molecule has 2 aromatic rings. The highest BCUT2D eigenvalue weighted by molar-refractivity contribution is 5.93. The maximum atomic E-state index is 11.7. The zero-order valence-electron chi connectivity index (χ0n) is 12.7. The second kappa shape index (κ2) is 8.29. The van der Waals surface area contributed by atoms with E-state index in [1.165, 1.54) is 6.21 Å². The predicted octanol–water partition coefficient (Wildman–Crippen LogP) is 2.19. The predicted molar refractivity (Wildman–Crippen MR) is 87.8 cm³/mol. The van der Waals surface area contributed by atoms with Crippen molar-refractivity contribution >= 4 is 12.1 Å². The number of terminal acetylenes is 1. The van der Waals surface area contributed by atoms with Crippen LogP contribution in [-0.4, -0.2) is 30.3 Å². The average molecular weight is 311 g/mol. The second-order valence-corrected chi connectivity index (χ2v) is 4.41. The van der Waals surface area contributed by atoms with E-state index in [0.29, 0.717) is 23.8 Å². The van der Waals surface area contributed by atoms with E-state index in [-0.39, 0.29) is 12.5 Å². The van der Waals surface area contributed by atoms with Gasteiger partial charge in [0.05, 0.1) is 12.8 Å². The Morgan fingerprint density at radius 3 is 2.96 bits per heavy atom. The molecule has 0 radical (unpaired) electrons. The van der Waals surface area contributed by atoms with Gasteiger partial charge >= 0.3 is 0 Å². The summed E-state index contributed by atoms with van der Waals surface area (Å²) in [5, 5.41) is 3.92. The molecule has 1 amide bonds. The van der Waals surface area contributed by atoms with Gasteiger partial charge in [-0.15, -0.1) is 6.42 Å². The lowest BCUT2D eigenvalue weighted by molar-refractivity contribution is 0.0951. The topological polar surface area (TPSA) is 75.7 Å². The summed E-state index contributed by atoms with van der Waals surface area (Å²) in [5.74, 6) is 3.23. The standard InChI is InChI=1S/C17H17N3O3/c1-3-10-23-15-8-7-13(11-16(15)22-4-2)12-19-20-17(21)14-6-5-9-18-14/h1,5-9,11-12,18H,4,10H2,2H3,(H,20,21)/b19-12-. The number of nitrogens with zero attached hydrogens (tertiary/aromatic N) is 1. The van der Waals surface area contributed by atoms with E-state index >= 15 is 0 Å². The van der Waals surface area contributed by atoms with E-state index in [0.717, 1.165) is 5.56 Å². The molecule has 0 aliphatic heterocycles. The maximum Gasteiger partial charge on any atom is 0.287 e. The summed E-state index contributed by atoms with van der Waals surface area (Å²) in [6.07, 6.45) is 8.38. The number of aromatic nitrogens is 1. The quantitative estimate of drug-likeness (QED) is 0.467. The molecule has 2 N–H and O–H groups in total. The molecule has 0 aliphatic carbocycles. The smallest absolute Gasteiger partial charge is 0.287 e. The number of hydrogen-bond donors (Lipinski definition) is 2. The number of rotatable bonds is 7. The van der Waals surface area contributed by atoms with Gasteiger partial charge in [0.2, 0.25) is 0 Å². The number of nitrogens with one attached hydrogen (secondary N) is 2. The molecule has 1 heterocycles. The van der Waals surface area contributed by atoms with Crippen LogP contribution in [0, 0.1) is 12.3 Å². The molecule has 0 fully saturated rings. The summed E-state index contributed by atoms with van der Waals surface area (Å²) in [7, 11) is 0. The first kappa shape index (κ1) is 16.2. The Morgan fingerprint density at radius 2 is 2.26 bits per heavy atom. The van der Waals surface area contributed by atoms with Gasteiger partial charge in [-0.3, -0.25) is 4.79 Å². The Kier molecular flexibility index (Phi) is 5.83. The normalized spacial score (nSPS) is 10.3. The number of hydrogen-bond acceptors (Lipinski definition) is 4. The van der Waals surface area contributed by atoms with Crippen molar-refractivity contribution in [1.29, 1.82) is 0 Å². The lowest BCUT2D eigenvalue weighted by atomic mass is 10.2. The van der Waals surface area contributed by atoms with E-state index < -0.39 is 0 Å². The van der Waals surface area contributed by atoms with Crippen LogP contribution < -0.4 is 14.9 Å². The van der Waals surface area contributed by atoms with Gasteiger partial charge in [-0.2, -0.15) is 5.10 Å². The van der Waals surface area contributed by atoms with Crippen LogP contribution in [0.3, 0.4) is 0 Å². The molecule has 6 heteroatoms. The Bertz CT molecular complexity index is 715. The molecule has 0 saturated heterocycles. The average Bonchev–Trinajstić information content (AvgIpc) is 3.09. The van der Waals surface area contributed by atoms with Crippen LogP contribution >= 0.6 is 0 Å². The van der Waals surface area contributed by atoms with E-state index in [1.54, 1.807) is 36.5 Å². The summed E-state index contributed by atoms with van der Waals surface area (Å²) in [5.41, 5.74) is 3.63. The van der Waals surface area contributed by atoms with Gasteiger partial charge in [0, 0.05) is 6.20 Å². The van der Waals surface area contributed by atoms with Gasteiger partial charge in [-0.05, 0) is 42.8 Å². The molecular formula is C17H17N3O3. The van der Waals surface area contributed by atoms with Gasteiger partial charge in [0.1, 0.15) is 12.3 Å². The molecule has 0 atom stereocenters. The molecule has 1 aromatic heterocycles. The zero-order valence-corrected chi connectivity index (χ0v) is 12.7. The summed E-state index contributed by atoms with van der Waals surface area (Å²) in [4.78, 5) is 14.5. The van der Waals surface area contributed by atoms with Crippen molar-refractivity contribution in [3.63, 3.8) is 0 Å². The van der Waals surface area contributed by atoms with Crippen molar-refractivity contribution in [3.8, 4) is 23.8 Å². The fourth-order valence-corrected chi connectivity index (χ4v) is 1.81. The fraction of sp³-hybridized carbons (Fsp3) is 0.176. The minimum atomic E-state index is -0.315. The van der Waals surface area contributed by atoms with Gasteiger partial charge in [0.25, 0.3) is 5.91 Å². The monoisotopic (exact) mass is 311 g/mol. The number of ether oxygens (including phenoxy) is 2. The van der Waals surface area contributed by atoms with Gasteiger partial charge in [0.15, 0.2) is 11.5 Å². The molecule has 0 spiro atoms. The summed E-state index contributed by atoms with van der Waals surface area (Å²) >= 11 is 0. The van der Waals surface area contributed by atoms with Crippen LogP contribution in [0.25, 0.3) is 0 Å². The molecular weight excluding hydrogens is 294 g/mol. The highest BCUT2D eigenvalue weighted by Crippen LogP contribution is 2.27. The zero-order chi connectivity index (χ0) is 16.5. The first-order valence-corrected chi connectivity index (χ1v) is 7.04. The third kappa shape index (κ3) is 4.64. The maximum absolute atomic E-state index is 11.7. The van der Waals surface area contributed by atoms with E-state index in [4.69, 9.17) is 15.9 Å². The highest BCUT2D eigenvalue weighted by Gasteiger charge is 2.06. The highest BCUT2D eigenvalue weighted by atomic mass is 16.5. The lowest BCUT2D eigenvalue weighted by Gasteiger charge is -2.10. The van der Waals surface area contributed by atoms with Crippen LogP contribution in [0.5, 0.6) is 11.5 Å². The van der Waals surface area contributed by atoms with E-state index in [9.17, 15) is 4.79 Å². The van der Waals surface area contributed by atoms with Crippen LogP contribution in [0.1, 0.15) is 23.0 Å². The number of H-pyrrole nitrogens is 1. The molecule has 0 unspecified atom stereocenters. The first-order chi connectivity index (χ1) is 11.2. The van der Waals surface area contributed by atoms with Crippen molar-refractivity contribution < 1.29 is 14.3 Å². The number of hydrazone groups is 1. The molecule has 0 bridgehead atoms. The third-order valence-electron chi connectivity index (χ3n) is 2.80. The molecule has 2 rings (SSSR count). The van der Waals surface area contributed by atoms with Crippen molar-refractivity contribution in [2.24, 2.45) is 5.10 Å². The minimum Gasteiger partial charge on any atom is -0.490 e. The lowest BCUT2D eigenvalue weighted by Crippen LogP contribution is -2.17. The molecule has 0 saturated carbocycles. The molecule has 0 aliphatic rings. The molecule has 1 aromatic carbocycles. The van der Waals surface area contributed by atoms with Gasteiger partial charge < -0.3 is 14.5 Å². The summed E-state index contributed by atoms with van der Waals surface area (Å²) in [6, 6.07) is 8.70. The van der Waals surface area contributed by atoms with Crippen molar-refractivity contribution in [1.82, 2.24) is 10.4 Å². The van der Waals surface area contributed by atoms with Crippen molar-refractivity contribution in [2.75, 3.05) is 13.2 Å². The molecule has 6 nitrogen and oxygen atoms in total. The van der Waals surface area contributed by atoms with Crippen LogP contribution in [0.15, 0.2) is 41.6 Å². The second-order valence-electron chi connectivity index (χ2n) is 4.41.